The lowest BCUT2D eigenvalue weighted by molar-refractivity contribution is -0.137. The quantitative estimate of drug-likeness (QED) is 0.558. The first-order valence-electron chi connectivity index (χ1n) is 5.25. The Morgan fingerprint density at radius 1 is 1.58 bits per heavy atom. The van der Waals surface area contributed by atoms with Crippen LogP contribution in [-0.2, 0) is 26.2 Å². The molecule has 1 rings (SSSR count). The zero-order valence-electron chi connectivity index (χ0n) is 10.1. The maximum absolute atomic E-state index is 11.9. The van der Waals surface area contributed by atoms with Crippen molar-refractivity contribution in [2.75, 3.05) is 0 Å². The van der Waals surface area contributed by atoms with Crippen LogP contribution in [0.3, 0.4) is 0 Å². The zero-order chi connectivity index (χ0) is 14.6. The number of rotatable bonds is 7. The summed E-state index contributed by atoms with van der Waals surface area (Å²) in [5.74, 6) is -1.76. The number of carbonyl (C=O) groups is 2. The average molecular weight is 290 g/mol. The van der Waals surface area contributed by atoms with Gasteiger partial charge in [-0.25, -0.2) is 13.1 Å². The molecule has 0 aliphatic carbocycles. The summed E-state index contributed by atoms with van der Waals surface area (Å²) >= 11 is 0. The van der Waals surface area contributed by atoms with Gasteiger partial charge >= 0.3 is 5.97 Å². The highest BCUT2D eigenvalue weighted by molar-refractivity contribution is 7.89. The van der Waals surface area contributed by atoms with Gasteiger partial charge in [0, 0.05) is 18.7 Å². The van der Waals surface area contributed by atoms with Crippen LogP contribution in [0.25, 0.3) is 0 Å². The standard InChI is InChI=1S/C9H14N4O5S/c1-6(2-8(10)14)12-19(17,18)7-3-11-13(4-7)5-9(15)16/h3-4,6,12H,2,5H2,1H3,(H2,10,14)(H,15,16). The van der Waals surface area contributed by atoms with Crippen LogP contribution < -0.4 is 10.5 Å². The predicted molar refractivity (Wildman–Crippen MR) is 63.5 cm³/mol. The van der Waals surface area contributed by atoms with Gasteiger partial charge < -0.3 is 10.8 Å². The molecule has 9 nitrogen and oxygen atoms in total. The minimum Gasteiger partial charge on any atom is -0.480 e. The number of nitrogens with two attached hydrogens (primary N) is 1. The zero-order valence-corrected chi connectivity index (χ0v) is 10.9. The van der Waals surface area contributed by atoms with E-state index in [0.29, 0.717) is 0 Å². The summed E-state index contributed by atoms with van der Waals surface area (Å²) in [7, 11) is -3.85. The smallest absolute Gasteiger partial charge is 0.325 e. The van der Waals surface area contributed by atoms with Crippen molar-refractivity contribution in [1.29, 1.82) is 0 Å². The number of aliphatic carboxylic acids is 1. The number of aromatic nitrogens is 2. The number of amides is 1. The third-order valence-electron chi connectivity index (χ3n) is 2.08. The van der Waals surface area contributed by atoms with Crippen molar-refractivity contribution in [2.45, 2.75) is 30.8 Å². The van der Waals surface area contributed by atoms with Crippen LogP contribution in [0, 0.1) is 0 Å². The second-order valence-corrected chi connectivity index (χ2v) is 5.67. The van der Waals surface area contributed by atoms with Gasteiger partial charge in [-0.3, -0.25) is 14.3 Å². The number of carboxylic acids is 1. The Hall–Kier alpha value is -1.94. The Balaban J connectivity index is 2.80. The van der Waals surface area contributed by atoms with Gasteiger partial charge in [0.15, 0.2) is 0 Å². The van der Waals surface area contributed by atoms with E-state index in [1.807, 2.05) is 0 Å². The van der Waals surface area contributed by atoms with E-state index in [4.69, 9.17) is 10.8 Å². The van der Waals surface area contributed by atoms with Crippen LogP contribution in [-0.4, -0.2) is 41.2 Å². The van der Waals surface area contributed by atoms with Crippen molar-refractivity contribution >= 4 is 21.9 Å². The van der Waals surface area contributed by atoms with Gasteiger partial charge in [-0.15, -0.1) is 0 Å². The molecule has 1 atom stereocenters. The summed E-state index contributed by atoms with van der Waals surface area (Å²) in [5.41, 5.74) is 4.95. The number of hydrogen-bond donors (Lipinski definition) is 3. The predicted octanol–water partition coefficient (Wildman–Crippen LogP) is -1.49. The molecule has 1 aromatic rings. The van der Waals surface area contributed by atoms with Gasteiger partial charge in [0.25, 0.3) is 0 Å². The van der Waals surface area contributed by atoms with Gasteiger partial charge in [-0.05, 0) is 6.92 Å². The Bertz CT molecular complexity index is 579. The summed E-state index contributed by atoms with van der Waals surface area (Å²) in [6.45, 7) is 1.05. The topological polar surface area (TPSA) is 144 Å². The Morgan fingerprint density at radius 2 is 2.21 bits per heavy atom. The molecule has 1 heterocycles. The summed E-state index contributed by atoms with van der Waals surface area (Å²) in [4.78, 5) is 20.9. The first kappa shape index (κ1) is 15.1. The fourth-order valence-electron chi connectivity index (χ4n) is 1.38. The van der Waals surface area contributed by atoms with E-state index >= 15 is 0 Å². The van der Waals surface area contributed by atoms with Gasteiger partial charge in [0.2, 0.25) is 15.9 Å². The van der Waals surface area contributed by atoms with Crippen LogP contribution in [0.1, 0.15) is 13.3 Å². The molecule has 4 N–H and O–H groups in total. The summed E-state index contributed by atoms with van der Waals surface area (Å²) in [6, 6.07) is -0.662. The SMILES string of the molecule is CC(CC(N)=O)NS(=O)(=O)c1cnn(CC(=O)O)c1. The molecule has 0 radical (unpaired) electrons. The molecule has 0 saturated heterocycles. The number of carboxylic acid groups (broad SMARTS) is 1. The van der Waals surface area contributed by atoms with Crippen LogP contribution in [0.4, 0.5) is 0 Å². The summed E-state index contributed by atoms with van der Waals surface area (Å²) in [6.07, 6.45) is 1.98. The maximum atomic E-state index is 11.9. The number of nitrogens with one attached hydrogen (secondary N) is 1. The van der Waals surface area contributed by atoms with Crippen molar-refractivity contribution in [2.24, 2.45) is 5.73 Å². The normalized spacial score (nSPS) is 13.1. The Labute approximate surface area is 109 Å². The van der Waals surface area contributed by atoms with Crippen molar-refractivity contribution in [1.82, 2.24) is 14.5 Å². The molecule has 106 valence electrons. The highest BCUT2D eigenvalue weighted by Crippen LogP contribution is 2.08. The lowest BCUT2D eigenvalue weighted by Crippen LogP contribution is -2.35. The summed E-state index contributed by atoms with van der Waals surface area (Å²) in [5, 5.41) is 12.2. The van der Waals surface area contributed by atoms with Gasteiger partial charge in [0.1, 0.15) is 11.4 Å². The number of primary amides is 1. The van der Waals surface area contributed by atoms with Gasteiger partial charge in [0.05, 0.1) is 6.20 Å². The molecule has 0 aliphatic heterocycles. The summed E-state index contributed by atoms with van der Waals surface area (Å²) < 4.78 is 26.9. The van der Waals surface area contributed by atoms with E-state index in [1.165, 1.54) is 6.92 Å². The molecule has 0 bridgehead atoms. The van der Waals surface area contributed by atoms with E-state index in [9.17, 15) is 18.0 Å². The van der Waals surface area contributed by atoms with E-state index in [-0.39, 0.29) is 11.3 Å². The van der Waals surface area contributed by atoms with Crippen LogP contribution >= 0.6 is 0 Å². The largest absolute Gasteiger partial charge is 0.480 e. The van der Waals surface area contributed by atoms with E-state index < -0.39 is 34.5 Å². The lowest BCUT2D eigenvalue weighted by atomic mass is 10.2. The highest BCUT2D eigenvalue weighted by Gasteiger charge is 2.20. The van der Waals surface area contributed by atoms with Crippen LogP contribution in [0.15, 0.2) is 17.3 Å². The minimum atomic E-state index is -3.85. The van der Waals surface area contributed by atoms with Crippen molar-refractivity contribution in [3.8, 4) is 0 Å². The molecule has 10 heteroatoms. The van der Waals surface area contributed by atoms with E-state index in [2.05, 4.69) is 9.82 Å². The Morgan fingerprint density at radius 3 is 2.74 bits per heavy atom. The molecule has 0 saturated carbocycles. The third kappa shape index (κ3) is 4.67. The van der Waals surface area contributed by atoms with Crippen LogP contribution in [0.5, 0.6) is 0 Å². The second kappa shape index (κ2) is 5.80. The molecule has 1 unspecified atom stereocenters. The fraction of sp³-hybridized carbons (Fsp3) is 0.444. The Kier molecular flexibility index (Phi) is 4.62. The second-order valence-electron chi connectivity index (χ2n) is 3.96. The third-order valence-corrected chi connectivity index (χ3v) is 3.62. The van der Waals surface area contributed by atoms with E-state index in [0.717, 1.165) is 17.1 Å². The van der Waals surface area contributed by atoms with E-state index in [1.54, 1.807) is 0 Å². The monoisotopic (exact) mass is 290 g/mol. The molecular weight excluding hydrogens is 276 g/mol. The minimum absolute atomic E-state index is 0.136. The average Bonchev–Trinajstić information content (AvgIpc) is 2.62. The van der Waals surface area contributed by atoms with Crippen LogP contribution in [0.2, 0.25) is 0 Å². The number of nitrogens with zero attached hydrogens (tertiary/aromatic N) is 2. The maximum Gasteiger partial charge on any atom is 0.325 e. The molecule has 1 aromatic heterocycles. The molecule has 19 heavy (non-hydrogen) atoms. The number of sulfonamides is 1. The van der Waals surface area contributed by atoms with Gasteiger partial charge in [-0.2, -0.15) is 5.10 Å². The molecule has 0 fully saturated rings. The number of hydrogen-bond acceptors (Lipinski definition) is 5. The lowest BCUT2D eigenvalue weighted by Gasteiger charge is -2.10. The molecular formula is C9H14N4O5S. The van der Waals surface area contributed by atoms with Crippen molar-refractivity contribution in [3.63, 3.8) is 0 Å². The molecule has 0 aliphatic rings. The first-order valence-corrected chi connectivity index (χ1v) is 6.74. The van der Waals surface area contributed by atoms with Crippen molar-refractivity contribution in [3.05, 3.63) is 12.4 Å². The molecule has 0 spiro atoms. The van der Waals surface area contributed by atoms with Gasteiger partial charge in [-0.1, -0.05) is 0 Å². The van der Waals surface area contributed by atoms with Crippen molar-refractivity contribution < 1.29 is 23.1 Å². The number of carbonyl (C=O) groups excluding carboxylic acids is 1. The molecule has 0 aromatic carbocycles. The fourth-order valence-corrected chi connectivity index (χ4v) is 2.58. The molecule has 1 amide bonds. The highest BCUT2D eigenvalue weighted by atomic mass is 32.2. The first-order chi connectivity index (χ1) is 8.70.